The molecule has 2 aromatic rings. The molecule has 0 spiro atoms. The molecule has 0 saturated carbocycles. The smallest absolute Gasteiger partial charge is 0.272 e. The lowest BCUT2D eigenvalue weighted by atomic mass is 9.86. The summed E-state index contributed by atoms with van der Waals surface area (Å²) in [5, 5.41) is 28.2. The first kappa shape index (κ1) is 17.9. The van der Waals surface area contributed by atoms with Gasteiger partial charge < -0.3 is 15.1 Å². The van der Waals surface area contributed by atoms with Gasteiger partial charge in [-0.3, -0.25) is 9.89 Å². The summed E-state index contributed by atoms with van der Waals surface area (Å²) in [6.07, 6.45) is -0.137. The van der Waals surface area contributed by atoms with Crippen molar-refractivity contribution in [3.8, 4) is 11.3 Å². The zero-order valence-corrected chi connectivity index (χ0v) is 15.0. The van der Waals surface area contributed by atoms with Gasteiger partial charge in [-0.25, -0.2) is 0 Å². The van der Waals surface area contributed by atoms with Crippen molar-refractivity contribution >= 4 is 17.5 Å². The van der Waals surface area contributed by atoms with E-state index in [2.05, 4.69) is 10.2 Å². The van der Waals surface area contributed by atoms with Crippen LogP contribution in [0.5, 0.6) is 0 Å². The van der Waals surface area contributed by atoms with Crippen LogP contribution in [0.3, 0.4) is 0 Å². The van der Waals surface area contributed by atoms with E-state index >= 15 is 0 Å². The number of hydrogen-bond donors (Lipinski definition) is 3. The van der Waals surface area contributed by atoms with Crippen molar-refractivity contribution in [2.24, 2.45) is 0 Å². The lowest BCUT2D eigenvalue weighted by Gasteiger charge is -2.41. The fraction of sp³-hybridized carbons (Fsp3) is 0.444. The number of nitrogens with one attached hydrogen (secondary N) is 1. The minimum absolute atomic E-state index is 0.109. The molecule has 3 rings (SSSR count). The number of amides is 1. The Morgan fingerprint density at radius 1 is 1.44 bits per heavy atom. The molecule has 1 saturated heterocycles. The third-order valence-electron chi connectivity index (χ3n) is 5.07. The summed E-state index contributed by atoms with van der Waals surface area (Å²) in [6.45, 7) is 4.18. The van der Waals surface area contributed by atoms with Gasteiger partial charge in [0.15, 0.2) is 0 Å². The zero-order chi connectivity index (χ0) is 18.2. The second-order valence-corrected chi connectivity index (χ2v) is 6.99. The topological polar surface area (TPSA) is 89.5 Å². The maximum absolute atomic E-state index is 12.8. The minimum Gasteiger partial charge on any atom is -0.388 e. The van der Waals surface area contributed by atoms with Crippen molar-refractivity contribution < 1.29 is 15.0 Å². The van der Waals surface area contributed by atoms with E-state index in [1.165, 1.54) is 0 Å². The molecule has 1 amide bonds. The Morgan fingerprint density at radius 3 is 2.72 bits per heavy atom. The number of hydrogen-bond acceptors (Lipinski definition) is 4. The lowest BCUT2D eigenvalue weighted by molar-refractivity contribution is -0.114. The Kier molecular flexibility index (Phi) is 4.86. The van der Waals surface area contributed by atoms with Crippen LogP contribution in [0.4, 0.5) is 0 Å². The van der Waals surface area contributed by atoms with E-state index in [0.29, 0.717) is 35.8 Å². The number of benzene rings is 1. The number of aromatic nitrogens is 2. The molecule has 3 N–H and O–H groups in total. The average molecular weight is 364 g/mol. The summed E-state index contributed by atoms with van der Waals surface area (Å²) < 4.78 is 0. The van der Waals surface area contributed by atoms with Gasteiger partial charge in [-0.15, -0.1) is 0 Å². The van der Waals surface area contributed by atoms with E-state index in [1.54, 1.807) is 17.0 Å². The van der Waals surface area contributed by atoms with Crippen LogP contribution < -0.4 is 0 Å². The summed E-state index contributed by atoms with van der Waals surface area (Å²) in [7, 11) is 0. The Morgan fingerprint density at radius 2 is 2.12 bits per heavy atom. The molecule has 0 aliphatic carbocycles. The number of aromatic amines is 1. The third kappa shape index (κ3) is 3.29. The molecule has 1 aromatic heterocycles. The van der Waals surface area contributed by atoms with Crippen molar-refractivity contribution in [1.29, 1.82) is 0 Å². The van der Waals surface area contributed by atoms with E-state index in [9.17, 15) is 15.0 Å². The van der Waals surface area contributed by atoms with Crippen LogP contribution in [0.15, 0.2) is 24.3 Å². The molecular weight excluding hydrogens is 342 g/mol. The number of piperidine rings is 1. The second kappa shape index (κ2) is 6.78. The molecule has 0 bridgehead atoms. The molecular formula is C18H22ClN3O3. The van der Waals surface area contributed by atoms with E-state index in [4.69, 9.17) is 11.6 Å². The molecule has 0 radical (unpaired) electrons. The molecule has 1 aliphatic heterocycles. The largest absolute Gasteiger partial charge is 0.388 e. The molecule has 2 atom stereocenters. The fourth-order valence-electron chi connectivity index (χ4n) is 3.22. The Hall–Kier alpha value is -1.89. The van der Waals surface area contributed by atoms with Crippen molar-refractivity contribution in [1.82, 2.24) is 15.1 Å². The molecule has 0 unspecified atom stereocenters. The van der Waals surface area contributed by atoms with Crippen LogP contribution in [0, 0.1) is 6.92 Å². The van der Waals surface area contributed by atoms with Gasteiger partial charge in [-0.05, 0) is 31.9 Å². The van der Waals surface area contributed by atoms with Gasteiger partial charge in [0.2, 0.25) is 0 Å². The maximum Gasteiger partial charge on any atom is 0.272 e. The van der Waals surface area contributed by atoms with E-state index in [-0.39, 0.29) is 12.5 Å². The summed E-state index contributed by atoms with van der Waals surface area (Å²) in [4.78, 5) is 14.4. The van der Waals surface area contributed by atoms with E-state index in [1.807, 2.05) is 26.0 Å². The van der Waals surface area contributed by atoms with Crippen molar-refractivity contribution in [3.63, 3.8) is 0 Å². The highest BCUT2D eigenvalue weighted by Gasteiger charge is 2.41. The fourth-order valence-corrected chi connectivity index (χ4v) is 3.34. The molecule has 25 heavy (non-hydrogen) atoms. The van der Waals surface area contributed by atoms with Crippen LogP contribution in [-0.4, -0.2) is 56.0 Å². The molecule has 2 heterocycles. The van der Waals surface area contributed by atoms with Gasteiger partial charge in [0, 0.05) is 29.2 Å². The van der Waals surface area contributed by atoms with Gasteiger partial charge in [0.1, 0.15) is 11.8 Å². The van der Waals surface area contributed by atoms with Crippen molar-refractivity contribution in [2.45, 2.75) is 38.4 Å². The van der Waals surface area contributed by atoms with Crippen LogP contribution in [0.25, 0.3) is 11.3 Å². The first-order chi connectivity index (χ1) is 11.9. The van der Waals surface area contributed by atoms with Gasteiger partial charge in [0.05, 0.1) is 11.3 Å². The lowest BCUT2D eigenvalue weighted by Crippen LogP contribution is -2.56. The zero-order valence-electron chi connectivity index (χ0n) is 14.3. The average Bonchev–Trinajstić information content (AvgIpc) is 2.99. The van der Waals surface area contributed by atoms with Gasteiger partial charge >= 0.3 is 0 Å². The second-order valence-electron chi connectivity index (χ2n) is 6.55. The Labute approximate surface area is 151 Å². The summed E-state index contributed by atoms with van der Waals surface area (Å²) in [5.41, 5.74) is 1.60. The van der Waals surface area contributed by atoms with Crippen LogP contribution >= 0.6 is 11.6 Å². The number of β-amino-alcohol motifs (C(OH)–C–C–N with tert-alkyl or cyclic N) is 1. The standard InChI is InChI=1S/C18H22ClN3O3/c1-3-18(25)8-9-22(10-14(18)23)17(24)16-11(2)15(20-21-16)12-4-6-13(19)7-5-12/h4-7,14,23,25H,3,8-10H2,1-2H3,(H,20,21)/t14-,18-/m1/s1. The van der Waals surface area contributed by atoms with Crippen LogP contribution in [0.1, 0.15) is 35.8 Å². The molecule has 1 aromatic carbocycles. The molecule has 7 heteroatoms. The van der Waals surface area contributed by atoms with Crippen LogP contribution in [0.2, 0.25) is 5.02 Å². The normalized spacial score (nSPS) is 23.7. The molecule has 134 valence electrons. The number of halogens is 1. The van der Waals surface area contributed by atoms with E-state index < -0.39 is 11.7 Å². The predicted molar refractivity (Wildman–Crippen MR) is 95.5 cm³/mol. The highest BCUT2D eigenvalue weighted by Crippen LogP contribution is 2.29. The third-order valence-corrected chi connectivity index (χ3v) is 5.32. The number of likely N-dealkylation sites (tertiary alicyclic amines) is 1. The van der Waals surface area contributed by atoms with E-state index in [0.717, 1.165) is 11.1 Å². The van der Waals surface area contributed by atoms with Gasteiger partial charge in [-0.1, -0.05) is 30.7 Å². The summed E-state index contributed by atoms with van der Waals surface area (Å²) in [5.74, 6) is -0.220. The molecule has 1 fully saturated rings. The number of carbonyl (C=O) groups is 1. The Balaban J connectivity index is 1.81. The van der Waals surface area contributed by atoms with Gasteiger partial charge in [0.25, 0.3) is 5.91 Å². The SMILES string of the molecule is CC[C@@]1(O)CCN(C(=O)c2[nH]nc(-c3ccc(Cl)cc3)c2C)C[C@H]1O. The number of carbonyl (C=O) groups excluding carboxylic acids is 1. The highest BCUT2D eigenvalue weighted by atomic mass is 35.5. The first-order valence-corrected chi connectivity index (χ1v) is 8.74. The number of nitrogens with zero attached hydrogens (tertiary/aromatic N) is 2. The highest BCUT2D eigenvalue weighted by molar-refractivity contribution is 6.30. The molecule has 1 aliphatic rings. The maximum atomic E-state index is 12.8. The van der Waals surface area contributed by atoms with Crippen molar-refractivity contribution in [3.05, 3.63) is 40.5 Å². The number of aliphatic hydroxyl groups excluding tert-OH is 1. The Bertz CT molecular complexity index is 774. The predicted octanol–water partition coefficient (Wildman–Crippen LogP) is 2.39. The van der Waals surface area contributed by atoms with Crippen molar-refractivity contribution in [2.75, 3.05) is 13.1 Å². The monoisotopic (exact) mass is 363 g/mol. The summed E-state index contributed by atoms with van der Waals surface area (Å²) in [6, 6.07) is 7.26. The van der Waals surface area contributed by atoms with Gasteiger partial charge in [-0.2, -0.15) is 5.10 Å². The number of aliphatic hydroxyl groups is 2. The number of rotatable bonds is 3. The van der Waals surface area contributed by atoms with Crippen LogP contribution in [-0.2, 0) is 0 Å². The summed E-state index contributed by atoms with van der Waals surface area (Å²) >= 11 is 5.91. The minimum atomic E-state index is -1.12. The molecule has 6 nitrogen and oxygen atoms in total. The first-order valence-electron chi connectivity index (χ1n) is 8.36. The quantitative estimate of drug-likeness (QED) is 0.781. The number of H-pyrrole nitrogens is 1.